The molecule has 0 aliphatic rings. The van der Waals surface area contributed by atoms with Crippen molar-refractivity contribution in [1.82, 2.24) is 10.6 Å². The molecule has 0 radical (unpaired) electrons. The predicted octanol–water partition coefficient (Wildman–Crippen LogP) is 4.02. The minimum Gasteiger partial charge on any atom is -0.367 e. The molecule has 27 heavy (non-hydrogen) atoms. The van der Waals surface area contributed by atoms with Gasteiger partial charge in [0.25, 0.3) is 0 Å². The van der Waals surface area contributed by atoms with Crippen LogP contribution in [0.5, 0.6) is 0 Å². The van der Waals surface area contributed by atoms with Gasteiger partial charge in [0.1, 0.15) is 6.61 Å². The number of aliphatic imine (C=N–C) groups is 1. The SMILES string of the molecule is CCNC(=NCc1ccccc1)NCc1ccc(COCC(F)(F)F)cc1. The zero-order valence-electron chi connectivity index (χ0n) is 15.2. The molecule has 0 fully saturated rings. The number of nitrogens with one attached hydrogen (secondary N) is 2. The third-order valence-corrected chi connectivity index (χ3v) is 3.62. The molecule has 146 valence electrons. The number of guanidine groups is 1. The second-order valence-corrected chi connectivity index (χ2v) is 5.96. The van der Waals surface area contributed by atoms with Crippen LogP contribution in [0.4, 0.5) is 13.2 Å². The first-order valence-electron chi connectivity index (χ1n) is 8.74. The van der Waals surface area contributed by atoms with Crippen molar-refractivity contribution >= 4 is 5.96 Å². The van der Waals surface area contributed by atoms with Crippen LogP contribution in [-0.2, 0) is 24.4 Å². The Balaban J connectivity index is 1.83. The van der Waals surface area contributed by atoms with Gasteiger partial charge in [-0.05, 0) is 23.6 Å². The lowest BCUT2D eigenvalue weighted by Gasteiger charge is -2.12. The van der Waals surface area contributed by atoms with Gasteiger partial charge < -0.3 is 15.4 Å². The van der Waals surface area contributed by atoms with Crippen molar-refractivity contribution in [1.29, 1.82) is 0 Å². The maximum Gasteiger partial charge on any atom is 0.411 e. The van der Waals surface area contributed by atoms with E-state index in [4.69, 9.17) is 0 Å². The Morgan fingerprint density at radius 3 is 2.22 bits per heavy atom. The third-order valence-electron chi connectivity index (χ3n) is 3.62. The topological polar surface area (TPSA) is 45.7 Å². The summed E-state index contributed by atoms with van der Waals surface area (Å²) in [7, 11) is 0. The molecule has 2 aromatic carbocycles. The molecule has 4 nitrogen and oxygen atoms in total. The lowest BCUT2D eigenvalue weighted by atomic mass is 10.1. The summed E-state index contributed by atoms with van der Waals surface area (Å²) in [6.45, 7) is 2.58. The van der Waals surface area contributed by atoms with E-state index >= 15 is 0 Å². The van der Waals surface area contributed by atoms with Gasteiger partial charge in [0.15, 0.2) is 5.96 Å². The van der Waals surface area contributed by atoms with Crippen LogP contribution in [0.1, 0.15) is 23.6 Å². The summed E-state index contributed by atoms with van der Waals surface area (Å²) >= 11 is 0. The number of benzene rings is 2. The fourth-order valence-electron chi connectivity index (χ4n) is 2.32. The Kier molecular flexibility index (Phi) is 8.13. The van der Waals surface area contributed by atoms with Gasteiger partial charge in [-0.25, -0.2) is 4.99 Å². The molecule has 0 saturated heterocycles. The third kappa shape index (κ3) is 8.59. The summed E-state index contributed by atoms with van der Waals surface area (Å²) in [5.74, 6) is 0.707. The Labute approximate surface area is 157 Å². The van der Waals surface area contributed by atoms with Crippen LogP contribution in [0, 0.1) is 0 Å². The van der Waals surface area contributed by atoms with E-state index in [2.05, 4.69) is 20.4 Å². The smallest absolute Gasteiger partial charge is 0.367 e. The average molecular weight is 379 g/mol. The van der Waals surface area contributed by atoms with Gasteiger partial charge in [0.05, 0.1) is 13.2 Å². The molecular formula is C20H24F3N3O. The maximum atomic E-state index is 12.1. The molecule has 0 spiro atoms. The zero-order valence-corrected chi connectivity index (χ0v) is 15.2. The van der Waals surface area contributed by atoms with E-state index in [0.29, 0.717) is 24.6 Å². The van der Waals surface area contributed by atoms with Crippen LogP contribution >= 0.6 is 0 Å². The van der Waals surface area contributed by atoms with Crippen molar-refractivity contribution in [3.05, 3.63) is 71.3 Å². The van der Waals surface area contributed by atoms with Crippen LogP contribution in [0.2, 0.25) is 0 Å². The molecule has 0 aromatic heterocycles. The normalized spacial score (nSPS) is 12.1. The molecule has 0 saturated carbocycles. The van der Waals surface area contributed by atoms with Crippen LogP contribution in [0.15, 0.2) is 59.6 Å². The molecule has 2 rings (SSSR count). The fraction of sp³-hybridized carbons (Fsp3) is 0.350. The molecule has 0 heterocycles. The Morgan fingerprint density at radius 1 is 0.926 bits per heavy atom. The summed E-state index contributed by atoms with van der Waals surface area (Å²) in [5, 5.41) is 6.44. The van der Waals surface area contributed by atoms with Crippen LogP contribution in [-0.4, -0.2) is 25.3 Å². The minimum absolute atomic E-state index is 0.0611. The molecular weight excluding hydrogens is 355 g/mol. The fourth-order valence-corrected chi connectivity index (χ4v) is 2.32. The molecule has 2 N–H and O–H groups in total. The van der Waals surface area contributed by atoms with Gasteiger partial charge in [0, 0.05) is 13.1 Å². The van der Waals surface area contributed by atoms with E-state index in [9.17, 15) is 13.2 Å². The molecule has 0 bridgehead atoms. The van der Waals surface area contributed by atoms with Gasteiger partial charge >= 0.3 is 6.18 Å². The first-order valence-corrected chi connectivity index (χ1v) is 8.74. The van der Waals surface area contributed by atoms with Crippen LogP contribution < -0.4 is 10.6 Å². The first-order chi connectivity index (χ1) is 13.0. The predicted molar refractivity (Wildman–Crippen MR) is 100 cm³/mol. The number of rotatable bonds is 8. The van der Waals surface area contributed by atoms with Gasteiger partial charge in [-0.2, -0.15) is 13.2 Å². The number of halogens is 3. The zero-order chi connectivity index (χ0) is 19.5. The summed E-state index contributed by atoms with van der Waals surface area (Å²) in [6.07, 6.45) is -4.30. The summed E-state index contributed by atoms with van der Waals surface area (Å²) in [4.78, 5) is 4.55. The van der Waals surface area contributed by atoms with E-state index in [1.807, 2.05) is 49.4 Å². The number of nitrogens with zero attached hydrogens (tertiary/aromatic N) is 1. The Hall–Kier alpha value is -2.54. The molecule has 0 aliphatic heterocycles. The first kappa shape index (κ1) is 20.8. The van der Waals surface area contributed by atoms with E-state index in [-0.39, 0.29) is 6.61 Å². The number of hydrogen-bond donors (Lipinski definition) is 2. The Bertz CT molecular complexity index is 701. The maximum absolute atomic E-state index is 12.1. The van der Waals surface area contributed by atoms with E-state index < -0.39 is 12.8 Å². The number of ether oxygens (including phenoxy) is 1. The molecule has 0 amide bonds. The minimum atomic E-state index is -4.30. The Morgan fingerprint density at radius 2 is 1.59 bits per heavy atom. The summed E-state index contributed by atoms with van der Waals surface area (Å²) < 4.78 is 40.9. The van der Waals surface area contributed by atoms with E-state index in [0.717, 1.165) is 17.7 Å². The molecule has 7 heteroatoms. The quantitative estimate of drug-likeness (QED) is 0.538. The van der Waals surface area contributed by atoms with Crippen molar-refractivity contribution in [2.45, 2.75) is 32.8 Å². The van der Waals surface area contributed by atoms with Gasteiger partial charge in [-0.3, -0.25) is 0 Å². The van der Waals surface area contributed by atoms with Crippen LogP contribution in [0.25, 0.3) is 0 Å². The highest BCUT2D eigenvalue weighted by atomic mass is 19.4. The molecule has 0 atom stereocenters. The highest BCUT2D eigenvalue weighted by Crippen LogP contribution is 2.15. The highest BCUT2D eigenvalue weighted by Gasteiger charge is 2.27. The van der Waals surface area contributed by atoms with Crippen molar-refractivity contribution < 1.29 is 17.9 Å². The summed E-state index contributed by atoms with van der Waals surface area (Å²) in [6, 6.07) is 17.2. The van der Waals surface area contributed by atoms with E-state index in [1.165, 1.54) is 0 Å². The largest absolute Gasteiger partial charge is 0.411 e. The second kappa shape index (κ2) is 10.6. The molecule has 0 aliphatic carbocycles. The molecule has 2 aromatic rings. The van der Waals surface area contributed by atoms with Gasteiger partial charge in [0.2, 0.25) is 0 Å². The van der Waals surface area contributed by atoms with Crippen molar-refractivity contribution in [2.75, 3.05) is 13.2 Å². The monoisotopic (exact) mass is 379 g/mol. The average Bonchev–Trinajstić information content (AvgIpc) is 2.65. The van der Waals surface area contributed by atoms with Gasteiger partial charge in [-0.15, -0.1) is 0 Å². The van der Waals surface area contributed by atoms with Crippen LogP contribution in [0.3, 0.4) is 0 Å². The second-order valence-electron chi connectivity index (χ2n) is 5.96. The van der Waals surface area contributed by atoms with Crippen molar-refractivity contribution in [3.8, 4) is 0 Å². The highest BCUT2D eigenvalue weighted by molar-refractivity contribution is 5.79. The number of alkyl halides is 3. The number of hydrogen-bond acceptors (Lipinski definition) is 2. The lowest BCUT2D eigenvalue weighted by molar-refractivity contribution is -0.176. The standard InChI is InChI=1S/C20H24F3N3O/c1-2-24-19(25-12-16-6-4-3-5-7-16)26-13-17-8-10-18(11-9-17)14-27-15-20(21,22)23/h3-11H,2,12-15H2,1H3,(H2,24,25,26). The van der Waals surface area contributed by atoms with Crippen molar-refractivity contribution in [3.63, 3.8) is 0 Å². The molecule has 0 unspecified atom stereocenters. The van der Waals surface area contributed by atoms with Crippen molar-refractivity contribution in [2.24, 2.45) is 4.99 Å². The van der Waals surface area contributed by atoms with Gasteiger partial charge in [-0.1, -0.05) is 54.6 Å². The van der Waals surface area contributed by atoms with E-state index in [1.54, 1.807) is 12.1 Å². The lowest BCUT2D eigenvalue weighted by Crippen LogP contribution is -2.36. The summed E-state index contributed by atoms with van der Waals surface area (Å²) in [5.41, 5.74) is 2.82.